The molecule has 0 atom stereocenters. The summed E-state index contributed by atoms with van der Waals surface area (Å²) in [6.45, 7) is 0.608. The summed E-state index contributed by atoms with van der Waals surface area (Å²) >= 11 is 1.66. The van der Waals surface area contributed by atoms with Crippen molar-refractivity contribution in [2.24, 2.45) is 0 Å². The van der Waals surface area contributed by atoms with Crippen molar-refractivity contribution in [1.82, 2.24) is 15.1 Å². The minimum absolute atomic E-state index is 0.142. The molecule has 3 aromatic rings. The molecule has 0 unspecified atom stereocenters. The van der Waals surface area contributed by atoms with E-state index in [2.05, 4.69) is 10.4 Å². The van der Waals surface area contributed by atoms with Crippen LogP contribution in [-0.4, -0.2) is 21.9 Å². The molecule has 1 heterocycles. The zero-order chi connectivity index (χ0) is 19.9. The molecule has 0 spiro atoms. The molecule has 1 N–H and O–H groups in total. The Morgan fingerprint density at radius 1 is 1.07 bits per heavy atom. The average molecular weight is 397 g/mol. The molecule has 0 aliphatic heterocycles. The molecule has 2 aromatic carbocycles. The van der Waals surface area contributed by atoms with E-state index in [1.165, 1.54) is 27.8 Å². The third kappa shape index (κ3) is 5.29. The van der Waals surface area contributed by atoms with Crippen molar-refractivity contribution < 1.29 is 9.18 Å². The summed E-state index contributed by atoms with van der Waals surface area (Å²) in [5.74, 6) is -0.494. The zero-order valence-electron chi connectivity index (χ0n) is 15.4. The topological polar surface area (TPSA) is 64.0 Å². The number of benzene rings is 2. The molecular weight excluding hydrogens is 377 g/mol. The second-order valence-electron chi connectivity index (χ2n) is 6.16. The van der Waals surface area contributed by atoms with Crippen molar-refractivity contribution in [1.29, 1.82) is 0 Å². The van der Waals surface area contributed by atoms with Crippen molar-refractivity contribution in [3.05, 3.63) is 82.4 Å². The average Bonchev–Trinajstić information content (AvgIpc) is 2.72. The minimum atomic E-state index is -0.336. The Morgan fingerprint density at radius 2 is 1.79 bits per heavy atom. The Kier molecular flexibility index (Phi) is 6.60. The monoisotopic (exact) mass is 397 g/mol. The van der Waals surface area contributed by atoms with E-state index in [1.807, 2.05) is 30.5 Å². The second-order valence-corrected chi connectivity index (χ2v) is 7.04. The van der Waals surface area contributed by atoms with Crippen molar-refractivity contribution >= 4 is 17.7 Å². The van der Waals surface area contributed by atoms with E-state index < -0.39 is 0 Å². The number of thioether (sulfide) groups is 1. The van der Waals surface area contributed by atoms with Gasteiger partial charge in [0.25, 0.3) is 5.56 Å². The number of aryl methyl sites for hydroxylation is 1. The van der Waals surface area contributed by atoms with Crippen molar-refractivity contribution in [2.75, 3.05) is 6.26 Å². The van der Waals surface area contributed by atoms with Crippen molar-refractivity contribution in [3.8, 4) is 11.3 Å². The van der Waals surface area contributed by atoms with Crippen molar-refractivity contribution in [2.45, 2.75) is 24.4 Å². The van der Waals surface area contributed by atoms with Gasteiger partial charge in [-0.05, 0) is 54.3 Å². The van der Waals surface area contributed by atoms with Crippen molar-refractivity contribution in [3.63, 3.8) is 0 Å². The van der Waals surface area contributed by atoms with E-state index in [1.54, 1.807) is 30.0 Å². The molecule has 3 rings (SSSR count). The number of halogens is 1. The summed E-state index contributed by atoms with van der Waals surface area (Å²) in [4.78, 5) is 25.3. The SMILES string of the molecule is CSc1ccc(CNC(=O)CCn2nc(-c3ccc(F)cc3)ccc2=O)cc1. The number of amides is 1. The van der Waals surface area contributed by atoms with Crippen LogP contribution in [0.4, 0.5) is 4.39 Å². The predicted octanol–water partition coefficient (Wildman–Crippen LogP) is 3.48. The van der Waals surface area contributed by atoms with Crippen LogP contribution in [0.15, 0.2) is 70.4 Å². The van der Waals surface area contributed by atoms with Gasteiger partial charge in [-0.25, -0.2) is 9.07 Å². The molecule has 0 aliphatic rings. The maximum absolute atomic E-state index is 13.1. The van der Waals surface area contributed by atoms with Crippen LogP contribution in [0.25, 0.3) is 11.3 Å². The predicted molar refractivity (Wildman–Crippen MR) is 109 cm³/mol. The number of nitrogens with zero attached hydrogens (tertiary/aromatic N) is 2. The molecule has 28 heavy (non-hydrogen) atoms. The van der Waals surface area contributed by atoms with Crippen LogP contribution in [-0.2, 0) is 17.9 Å². The van der Waals surface area contributed by atoms with Gasteiger partial charge in [-0.3, -0.25) is 9.59 Å². The summed E-state index contributed by atoms with van der Waals surface area (Å²) in [6, 6.07) is 16.8. The summed E-state index contributed by atoms with van der Waals surface area (Å²) in [5.41, 5.74) is 1.98. The van der Waals surface area contributed by atoms with Crippen LogP contribution >= 0.6 is 11.8 Å². The molecular formula is C21H20FN3O2S. The standard InChI is InChI=1S/C21H20FN3O2S/c1-28-18-8-2-15(3-9-18)14-23-20(26)12-13-25-21(27)11-10-19(24-25)16-4-6-17(22)7-5-16/h2-11H,12-14H2,1H3,(H,23,26). The van der Waals surface area contributed by atoms with Gasteiger partial charge in [0.15, 0.2) is 0 Å². The summed E-state index contributed by atoms with van der Waals surface area (Å²) in [7, 11) is 0. The van der Waals surface area contributed by atoms with E-state index in [0.717, 1.165) is 5.56 Å². The maximum Gasteiger partial charge on any atom is 0.266 e. The van der Waals surface area contributed by atoms with Gasteiger partial charge in [0.05, 0.1) is 12.2 Å². The van der Waals surface area contributed by atoms with E-state index in [0.29, 0.717) is 17.8 Å². The third-order valence-electron chi connectivity index (χ3n) is 4.21. The van der Waals surface area contributed by atoms with Crippen LogP contribution in [0.3, 0.4) is 0 Å². The molecule has 0 bridgehead atoms. The molecule has 0 aliphatic carbocycles. The highest BCUT2D eigenvalue weighted by molar-refractivity contribution is 7.98. The molecule has 0 fully saturated rings. The molecule has 144 valence electrons. The van der Waals surface area contributed by atoms with Gasteiger partial charge in [0, 0.05) is 29.5 Å². The Labute approximate surface area is 166 Å². The van der Waals surface area contributed by atoms with Gasteiger partial charge in [-0.2, -0.15) is 5.10 Å². The Morgan fingerprint density at radius 3 is 2.46 bits per heavy atom. The van der Waals surface area contributed by atoms with Gasteiger partial charge in [0.2, 0.25) is 5.91 Å². The lowest BCUT2D eigenvalue weighted by Gasteiger charge is -2.08. The normalized spacial score (nSPS) is 10.6. The Hall–Kier alpha value is -2.93. The highest BCUT2D eigenvalue weighted by Gasteiger charge is 2.07. The van der Waals surface area contributed by atoms with Crippen LogP contribution < -0.4 is 10.9 Å². The van der Waals surface area contributed by atoms with Crippen LogP contribution in [0, 0.1) is 5.82 Å². The first-order valence-corrected chi connectivity index (χ1v) is 10.0. The lowest BCUT2D eigenvalue weighted by Crippen LogP contribution is -2.28. The third-order valence-corrected chi connectivity index (χ3v) is 4.95. The molecule has 5 nitrogen and oxygen atoms in total. The zero-order valence-corrected chi connectivity index (χ0v) is 16.2. The number of aromatic nitrogens is 2. The maximum atomic E-state index is 13.1. The quantitative estimate of drug-likeness (QED) is 0.620. The fraction of sp³-hybridized carbons (Fsp3) is 0.190. The molecule has 0 saturated heterocycles. The van der Waals surface area contributed by atoms with Gasteiger partial charge >= 0.3 is 0 Å². The number of carbonyl (C=O) groups excluding carboxylic acids is 1. The number of hydrogen-bond donors (Lipinski definition) is 1. The first-order valence-electron chi connectivity index (χ1n) is 8.79. The summed E-state index contributed by atoms with van der Waals surface area (Å²) < 4.78 is 14.3. The van der Waals surface area contributed by atoms with E-state index in [4.69, 9.17) is 0 Å². The fourth-order valence-electron chi connectivity index (χ4n) is 2.62. The molecule has 7 heteroatoms. The number of nitrogens with one attached hydrogen (secondary N) is 1. The van der Waals surface area contributed by atoms with E-state index >= 15 is 0 Å². The van der Waals surface area contributed by atoms with Gasteiger partial charge < -0.3 is 5.32 Å². The number of rotatable bonds is 7. The summed E-state index contributed by atoms with van der Waals surface area (Å²) in [6.07, 6.45) is 2.15. The van der Waals surface area contributed by atoms with E-state index in [9.17, 15) is 14.0 Å². The number of carbonyl (C=O) groups is 1. The first-order chi connectivity index (χ1) is 13.5. The smallest absolute Gasteiger partial charge is 0.266 e. The van der Waals surface area contributed by atoms with Gasteiger partial charge in [-0.15, -0.1) is 11.8 Å². The lowest BCUT2D eigenvalue weighted by molar-refractivity contribution is -0.121. The summed E-state index contributed by atoms with van der Waals surface area (Å²) in [5, 5.41) is 7.13. The molecule has 0 radical (unpaired) electrons. The molecule has 1 aromatic heterocycles. The Balaban J connectivity index is 1.58. The number of hydrogen-bond acceptors (Lipinski definition) is 4. The van der Waals surface area contributed by atoms with Gasteiger partial charge in [0.1, 0.15) is 5.82 Å². The molecule has 0 saturated carbocycles. The lowest BCUT2D eigenvalue weighted by atomic mass is 10.1. The van der Waals surface area contributed by atoms with Crippen LogP contribution in [0.2, 0.25) is 0 Å². The minimum Gasteiger partial charge on any atom is -0.352 e. The Bertz CT molecular complexity index is 1000. The van der Waals surface area contributed by atoms with Gasteiger partial charge in [-0.1, -0.05) is 12.1 Å². The second kappa shape index (κ2) is 9.32. The largest absolute Gasteiger partial charge is 0.352 e. The highest BCUT2D eigenvalue weighted by atomic mass is 32.2. The van der Waals surface area contributed by atoms with E-state index in [-0.39, 0.29) is 30.2 Å². The fourth-order valence-corrected chi connectivity index (χ4v) is 3.03. The first kappa shape index (κ1) is 19.8. The van der Waals surface area contributed by atoms with Crippen LogP contribution in [0.1, 0.15) is 12.0 Å². The van der Waals surface area contributed by atoms with Crippen LogP contribution in [0.5, 0.6) is 0 Å². The molecule has 1 amide bonds. The highest BCUT2D eigenvalue weighted by Crippen LogP contribution is 2.16.